The summed E-state index contributed by atoms with van der Waals surface area (Å²) in [6, 6.07) is 5.68. The molecule has 1 saturated heterocycles. The van der Waals surface area contributed by atoms with Gasteiger partial charge in [-0.05, 0) is 26.0 Å². The van der Waals surface area contributed by atoms with E-state index in [-0.39, 0.29) is 24.0 Å². The number of guanidine groups is 1. The molecule has 0 spiro atoms. The highest BCUT2D eigenvalue weighted by molar-refractivity contribution is 14.0. The number of ether oxygens (including phenoxy) is 3. The quantitative estimate of drug-likeness (QED) is 0.257. The average Bonchev–Trinajstić information content (AvgIpc) is 2.70. The molecule has 0 aromatic heterocycles. The summed E-state index contributed by atoms with van der Waals surface area (Å²) in [5.41, 5.74) is 0.0892. The SMILES string of the molecule is CCNC(=NCc1ccc(OC)cc1OC)NCC(C)(O)CN1CCOCC1.I. The largest absolute Gasteiger partial charge is 0.497 e. The van der Waals surface area contributed by atoms with E-state index in [2.05, 4.69) is 20.5 Å². The van der Waals surface area contributed by atoms with Gasteiger partial charge in [0.25, 0.3) is 0 Å². The van der Waals surface area contributed by atoms with E-state index in [1.54, 1.807) is 14.2 Å². The van der Waals surface area contributed by atoms with Crippen molar-refractivity contribution in [1.29, 1.82) is 0 Å². The molecule has 0 amide bonds. The second-order valence-corrected chi connectivity index (χ2v) is 7.11. The summed E-state index contributed by atoms with van der Waals surface area (Å²) in [6.45, 7) is 9.16. The van der Waals surface area contributed by atoms with Crippen LogP contribution < -0.4 is 20.1 Å². The van der Waals surface area contributed by atoms with Crippen molar-refractivity contribution in [2.24, 2.45) is 4.99 Å². The fraction of sp³-hybridized carbons (Fsp3) is 0.650. The number of halogens is 1. The summed E-state index contributed by atoms with van der Waals surface area (Å²) in [5, 5.41) is 17.2. The van der Waals surface area contributed by atoms with Gasteiger partial charge >= 0.3 is 0 Å². The van der Waals surface area contributed by atoms with Gasteiger partial charge in [-0.2, -0.15) is 0 Å². The van der Waals surface area contributed by atoms with E-state index in [1.807, 2.05) is 32.0 Å². The van der Waals surface area contributed by atoms with Crippen LogP contribution in [0.15, 0.2) is 23.2 Å². The third-order valence-electron chi connectivity index (χ3n) is 4.55. The zero-order valence-electron chi connectivity index (χ0n) is 17.9. The monoisotopic (exact) mass is 522 g/mol. The third-order valence-corrected chi connectivity index (χ3v) is 4.55. The minimum Gasteiger partial charge on any atom is -0.497 e. The maximum Gasteiger partial charge on any atom is 0.191 e. The fourth-order valence-corrected chi connectivity index (χ4v) is 3.06. The smallest absolute Gasteiger partial charge is 0.191 e. The molecule has 1 fully saturated rings. The summed E-state index contributed by atoms with van der Waals surface area (Å²) in [7, 11) is 3.26. The van der Waals surface area contributed by atoms with E-state index >= 15 is 0 Å². The van der Waals surface area contributed by atoms with E-state index in [4.69, 9.17) is 14.2 Å². The Morgan fingerprint density at radius 2 is 1.97 bits per heavy atom. The number of rotatable bonds is 9. The minimum absolute atomic E-state index is 0. The van der Waals surface area contributed by atoms with Crippen molar-refractivity contribution in [2.75, 3.05) is 60.2 Å². The molecule has 1 aromatic carbocycles. The second kappa shape index (κ2) is 13.1. The molecular weight excluding hydrogens is 487 g/mol. The molecule has 1 heterocycles. The van der Waals surface area contributed by atoms with Gasteiger partial charge in [0.05, 0.1) is 39.6 Å². The first-order chi connectivity index (χ1) is 13.5. The van der Waals surface area contributed by atoms with Gasteiger partial charge in [0.2, 0.25) is 0 Å². The van der Waals surface area contributed by atoms with Crippen molar-refractivity contribution >= 4 is 29.9 Å². The van der Waals surface area contributed by atoms with Gasteiger partial charge in [-0.15, -0.1) is 24.0 Å². The number of β-amino-alcohol motifs (C(OH)–C–C–N with tert-alkyl or cyclic N) is 1. The minimum atomic E-state index is -0.870. The number of aliphatic imine (C=N–C) groups is 1. The van der Waals surface area contributed by atoms with E-state index in [0.717, 1.165) is 49.9 Å². The van der Waals surface area contributed by atoms with Gasteiger partial charge in [0, 0.05) is 44.4 Å². The molecule has 1 atom stereocenters. The Morgan fingerprint density at radius 3 is 2.59 bits per heavy atom. The molecular formula is C20H35IN4O4. The lowest BCUT2D eigenvalue weighted by molar-refractivity contribution is -0.0201. The number of morpholine rings is 1. The first kappa shape index (κ1) is 25.7. The predicted octanol–water partition coefficient (Wildman–Crippen LogP) is 1.46. The van der Waals surface area contributed by atoms with Crippen LogP contribution in [0, 0.1) is 0 Å². The molecule has 0 radical (unpaired) electrons. The lowest BCUT2D eigenvalue weighted by atomic mass is 10.1. The lowest BCUT2D eigenvalue weighted by Crippen LogP contribution is -2.52. The molecule has 29 heavy (non-hydrogen) atoms. The number of nitrogens with one attached hydrogen (secondary N) is 2. The molecule has 166 valence electrons. The van der Waals surface area contributed by atoms with Gasteiger partial charge in [0.15, 0.2) is 5.96 Å². The summed E-state index contributed by atoms with van der Waals surface area (Å²) in [6.07, 6.45) is 0. The second-order valence-electron chi connectivity index (χ2n) is 7.11. The van der Waals surface area contributed by atoms with Crippen LogP contribution in [0.1, 0.15) is 19.4 Å². The summed E-state index contributed by atoms with van der Waals surface area (Å²) < 4.78 is 16.0. The molecule has 2 rings (SSSR count). The third kappa shape index (κ3) is 8.93. The van der Waals surface area contributed by atoms with Crippen LogP contribution in [0.2, 0.25) is 0 Å². The van der Waals surface area contributed by atoms with Crippen molar-refractivity contribution < 1.29 is 19.3 Å². The average molecular weight is 522 g/mol. The standard InChI is InChI=1S/C20H34N4O4.HI/c1-5-21-19(22-13-16-6-7-17(26-3)12-18(16)27-4)23-14-20(2,25)15-24-8-10-28-11-9-24;/h6-7,12,25H,5,8-11,13-15H2,1-4H3,(H2,21,22,23);1H. The predicted molar refractivity (Wildman–Crippen MR) is 126 cm³/mol. The Balaban J connectivity index is 0.00000420. The van der Waals surface area contributed by atoms with Gasteiger partial charge in [-0.25, -0.2) is 4.99 Å². The molecule has 1 unspecified atom stereocenters. The van der Waals surface area contributed by atoms with Crippen molar-refractivity contribution in [2.45, 2.75) is 26.0 Å². The van der Waals surface area contributed by atoms with E-state index in [9.17, 15) is 5.11 Å². The maximum absolute atomic E-state index is 10.7. The highest BCUT2D eigenvalue weighted by atomic mass is 127. The van der Waals surface area contributed by atoms with E-state index in [0.29, 0.717) is 25.6 Å². The van der Waals surface area contributed by atoms with Crippen LogP contribution in [-0.4, -0.2) is 81.7 Å². The Hall–Kier alpha value is -1.30. The molecule has 9 heteroatoms. The molecule has 0 aliphatic carbocycles. The first-order valence-electron chi connectivity index (χ1n) is 9.73. The van der Waals surface area contributed by atoms with Crippen LogP contribution in [-0.2, 0) is 11.3 Å². The van der Waals surface area contributed by atoms with Crippen molar-refractivity contribution in [1.82, 2.24) is 15.5 Å². The number of nitrogens with zero attached hydrogens (tertiary/aromatic N) is 2. The molecule has 8 nitrogen and oxygen atoms in total. The van der Waals surface area contributed by atoms with Crippen LogP contribution in [0.4, 0.5) is 0 Å². The van der Waals surface area contributed by atoms with Crippen LogP contribution in [0.25, 0.3) is 0 Å². The van der Waals surface area contributed by atoms with Crippen molar-refractivity contribution in [3.63, 3.8) is 0 Å². The zero-order chi connectivity index (χ0) is 20.4. The number of hydrogen-bond acceptors (Lipinski definition) is 6. The normalized spacial score (nSPS) is 17.1. The van der Waals surface area contributed by atoms with E-state index in [1.165, 1.54) is 0 Å². The first-order valence-corrected chi connectivity index (χ1v) is 9.73. The van der Waals surface area contributed by atoms with Gasteiger partial charge in [0.1, 0.15) is 11.5 Å². The zero-order valence-corrected chi connectivity index (χ0v) is 20.2. The van der Waals surface area contributed by atoms with Crippen LogP contribution in [0.3, 0.4) is 0 Å². The van der Waals surface area contributed by atoms with Crippen LogP contribution in [0.5, 0.6) is 11.5 Å². The molecule has 1 aliphatic rings. The number of benzene rings is 1. The van der Waals surface area contributed by atoms with Gasteiger partial charge in [-0.3, -0.25) is 4.90 Å². The highest BCUT2D eigenvalue weighted by Gasteiger charge is 2.25. The Labute approximate surface area is 191 Å². The van der Waals surface area contributed by atoms with Crippen molar-refractivity contribution in [3.05, 3.63) is 23.8 Å². The number of methoxy groups -OCH3 is 2. The molecule has 0 bridgehead atoms. The maximum atomic E-state index is 10.7. The van der Waals surface area contributed by atoms with Crippen LogP contribution >= 0.6 is 24.0 Å². The molecule has 0 saturated carbocycles. The number of hydrogen-bond donors (Lipinski definition) is 3. The lowest BCUT2D eigenvalue weighted by Gasteiger charge is -2.34. The Morgan fingerprint density at radius 1 is 1.24 bits per heavy atom. The van der Waals surface area contributed by atoms with Crippen molar-refractivity contribution in [3.8, 4) is 11.5 Å². The summed E-state index contributed by atoms with van der Waals surface area (Å²) >= 11 is 0. The molecule has 3 N–H and O–H groups in total. The van der Waals surface area contributed by atoms with Gasteiger partial charge in [-0.1, -0.05) is 0 Å². The topological polar surface area (TPSA) is 87.6 Å². The summed E-state index contributed by atoms with van der Waals surface area (Å²) in [5.74, 6) is 2.13. The van der Waals surface area contributed by atoms with E-state index < -0.39 is 5.60 Å². The van der Waals surface area contributed by atoms with Gasteiger partial charge < -0.3 is 30.0 Å². The number of aliphatic hydroxyl groups is 1. The highest BCUT2D eigenvalue weighted by Crippen LogP contribution is 2.25. The molecule has 1 aromatic rings. The molecule has 1 aliphatic heterocycles. The summed E-state index contributed by atoms with van der Waals surface area (Å²) in [4.78, 5) is 6.85. The Bertz CT molecular complexity index is 637. The fourth-order valence-electron chi connectivity index (χ4n) is 3.06. The Kier molecular flexibility index (Phi) is 11.6.